The van der Waals surface area contributed by atoms with E-state index in [1.165, 1.54) is 0 Å². The van der Waals surface area contributed by atoms with E-state index in [9.17, 15) is 4.79 Å². The van der Waals surface area contributed by atoms with Gasteiger partial charge in [-0.15, -0.1) is 11.8 Å². The van der Waals surface area contributed by atoms with Crippen LogP contribution in [0.25, 0.3) is 0 Å². The molecule has 0 aliphatic heterocycles. The van der Waals surface area contributed by atoms with Crippen LogP contribution in [0.15, 0.2) is 22.0 Å². The molecule has 1 aliphatic rings. The summed E-state index contributed by atoms with van der Waals surface area (Å²) in [5.41, 5.74) is 1.74. The number of isocyanates is 1. The van der Waals surface area contributed by atoms with Gasteiger partial charge in [0, 0.05) is 10.5 Å². The highest BCUT2D eigenvalue weighted by Crippen LogP contribution is 2.51. The van der Waals surface area contributed by atoms with E-state index in [4.69, 9.17) is 4.74 Å². The topological polar surface area (TPSA) is 38.7 Å². The minimum absolute atomic E-state index is 0.405. The summed E-state index contributed by atoms with van der Waals surface area (Å²) in [6.45, 7) is 2.02. The standard InChI is InChI=1S/C14H17NO2S/c1-10-5-6-11(18-3)12(13(10)17-2)14(15-9-16)7-4-8-14/h5-6H,4,7-8H2,1-3H3. The fourth-order valence-electron chi connectivity index (χ4n) is 2.56. The second kappa shape index (κ2) is 5.17. The van der Waals surface area contributed by atoms with Crippen LogP contribution in [0.5, 0.6) is 5.75 Å². The molecule has 0 amide bonds. The number of methoxy groups -OCH3 is 1. The number of aryl methyl sites for hydroxylation is 1. The number of hydrogen-bond acceptors (Lipinski definition) is 4. The average Bonchev–Trinajstić information content (AvgIpc) is 2.33. The molecule has 2 rings (SSSR count). The summed E-state index contributed by atoms with van der Waals surface area (Å²) >= 11 is 1.67. The molecule has 0 atom stereocenters. The Morgan fingerprint density at radius 1 is 1.44 bits per heavy atom. The molecular weight excluding hydrogens is 246 g/mol. The van der Waals surface area contributed by atoms with E-state index in [0.717, 1.165) is 41.0 Å². The molecule has 0 unspecified atom stereocenters. The second-order valence-corrected chi connectivity index (χ2v) is 5.43. The molecule has 96 valence electrons. The first-order chi connectivity index (χ1) is 8.68. The van der Waals surface area contributed by atoms with Crippen LogP contribution in [-0.2, 0) is 10.3 Å². The van der Waals surface area contributed by atoms with Gasteiger partial charge in [-0.05, 0) is 44.1 Å². The van der Waals surface area contributed by atoms with Crippen molar-refractivity contribution < 1.29 is 9.53 Å². The summed E-state index contributed by atoms with van der Waals surface area (Å²) in [5.74, 6) is 0.862. The van der Waals surface area contributed by atoms with E-state index >= 15 is 0 Å². The normalized spacial score (nSPS) is 16.6. The third kappa shape index (κ3) is 1.96. The fourth-order valence-corrected chi connectivity index (χ4v) is 3.25. The van der Waals surface area contributed by atoms with Crippen LogP contribution >= 0.6 is 11.8 Å². The van der Waals surface area contributed by atoms with Crippen molar-refractivity contribution in [3.63, 3.8) is 0 Å². The number of benzene rings is 1. The minimum Gasteiger partial charge on any atom is -0.496 e. The quantitative estimate of drug-likeness (QED) is 0.474. The second-order valence-electron chi connectivity index (χ2n) is 4.58. The van der Waals surface area contributed by atoms with E-state index in [1.54, 1.807) is 25.0 Å². The lowest BCUT2D eigenvalue weighted by Gasteiger charge is -2.39. The highest BCUT2D eigenvalue weighted by molar-refractivity contribution is 7.98. The molecule has 1 aromatic carbocycles. The number of hydrogen-bond donors (Lipinski definition) is 0. The SMILES string of the molecule is COc1c(C)ccc(SC)c1C1(N=C=O)CCC1. The van der Waals surface area contributed by atoms with Crippen molar-refractivity contribution >= 4 is 17.8 Å². The van der Waals surface area contributed by atoms with Gasteiger partial charge in [-0.2, -0.15) is 4.99 Å². The van der Waals surface area contributed by atoms with Gasteiger partial charge in [0.2, 0.25) is 6.08 Å². The molecule has 1 fully saturated rings. The Morgan fingerprint density at radius 3 is 2.61 bits per heavy atom. The van der Waals surface area contributed by atoms with Gasteiger partial charge in [0.05, 0.1) is 7.11 Å². The van der Waals surface area contributed by atoms with E-state index < -0.39 is 5.54 Å². The molecular formula is C14H17NO2S. The molecule has 1 aromatic rings. The zero-order valence-electron chi connectivity index (χ0n) is 10.9. The molecule has 0 radical (unpaired) electrons. The largest absolute Gasteiger partial charge is 0.496 e. The molecule has 0 aromatic heterocycles. The lowest BCUT2D eigenvalue weighted by atomic mass is 9.71. The molecule has 18 heavy (non-hydrogen) atoms. The van der Waals surface area contributed by atoms with Crippen LogP contribution in [0.4, 0.5) is 0 Å². The maximum absolute atomic E-state index is 10.7. The highest BCUT2D eigenvalue weighted by Gasteiger charge is 2.43. The van der Waals surface area contributed by atoms with Crippen molar-refractivity contribution in [3.8, 4) is 5.75 Å². The Balaban J connectivity index is 2.67. The van der Waals surface area contributed by atoms with Gasteiger partial charge in [0.15, 0.2) is 0 Å². The Hall–Kier alpha value is -1.25. The summed E-state index contributed by atoms with van der Waals surface area (Å²) in [5, 5.41) is 0. The summed E-state index contributed by atoms with van der Waals surface area (Å²) in [6.07, 6.45) is 6.66. The zero-order chi connectivity index (χ0) is 13.2. The molecule has 0 N–H and O–H groups in total. The van der Waals surface area contributed by atoms with Crippen LogP contribution in [-0.4, -0.2) is 19.4 Å². The van der Waals surface area contributed by atoms with Gasteiger partial charge in [0.1, 0.15) is 11.3 Å². The minimum atomic E-state index is -0.405. The molecule has 1 saturated carbocycles. The van der Waals surface area contributed by atoms with Crippen molar-refractivity contribution in [3.05, 3.63) is 23.3 Å². The number of thioether (sulfide) groups is 1. The van der Waals surface area contributed by atoms with Crippen LogP contribution in [0.2, 0.25) is 0 Å². The molecule has 0 bridgehead atoms. The van der Waals surface area contributed by atoms with Gasteiger partial charge >= 0.3 is 0 Å². The number of ether oxygens (including phenoxy) is 1. The average molecular weight is 263 g/mol. The van der Waals surface area contributed by atoms with Crippen molar-refractivity contribution in [1.29, 1.82) is 0 Å². The Labute approximate surface area is 112 Å². The Kier molecular flexibility index (Phi) is 3.79. The molecule has 1 aliphatic carbocycles. The number of aliphatic imine (C=N–C) groups is 1. The Bertz CT molecular complexity index is 503. The van der Waals surface area contributed by atoms with E-state index in [0.29, 0.717) is 0 Å². The number of nitrogens with zero attached hydrogens (tertiary/aromatic N) is 1. The third-order valence-corrected chi connectivity index (χ3v) is 4.43. The van der Waals surface area contributed by atoms with Crippen LogP contribution < -0.4 is 4.74 Å². The van der Waals surface area contributed by atoms with Crippen molar-refractivity contribution in [2.75, 3.05) is 13.4 Å². The van der Waals surface area contributed by atoms with Gasteiger partial charge in [-0.1, -0.05) is 6.07 Å². The maximum Gasteiger partial charge on any atom is 0.235 e. The molecule has 0 saturated heterocycles. The predicted molar refractivity (Wildman–Crippen MR) is 73.2 cm³/mol. The molecule has 4 heteroatoms. The smallest absolute Gasteiger partial charge is 0.235 e. The monoisotopic (exact) mass is 263 g/mol. The van der Waals surface area contributed by atoms with E-state index in [2.05, 4.69) is 11.1 Å². The maximum atomic E-state index is 10.7. The summed E-state index contributed by atoms with van der Waals surface area (Å²) in [7, 11) is 1.67. The fraction of sp³-hybridized carbons (Fsp3) is 0.500. The van der Waals surface area contributed by atoms with E-state index in [-0.39, 0.29) is 0 Å². The number of rotatable bonds is 4. The van der Waals surface area contributed by atoms with E-state index in [1.807, 2.05) is 19.2 Å². The first-order valence-corrected chi connectivity index (χ1v) is 7.22. The van der Waals surface area contributed by atoms with Gasteiger partial charge in [0.25, 0.3) is 0 Å². The lowest BCUT2D eigenvalue weighted by Crippen LogP contribution is -2.33. The molecule has 0 spiro atoms. The van der Waals surface area contributed by atoms with Gasteiger partial charge < -0.3 is 4.74 Å². The van der Waals surface area contributed by atoms with Crippen molar-refractivity contribution in [2.45, 2.75) is 36.6 Å². The summed E-state index contributed by atoms with van der Waals surface area (Å²) < 4.78 is 5.54. The van der Waals surface area contributed by atoms with Crippen LogP contribution in [0, 0.1) is 6.92 Å². The van der Waals surface area contributed by atoms with Crippen LogP contribution in [0.1, 0.15) is 30.4 Å². The number of carbonyl (C=O) groups excluding carboxylic acids is 1. The third-order valence-electron chi connectivity index (χ3n) is 3.65. The summed E-state index contributed by atoms with van der Waals surface area (Å²) in [4.78, 5) is 16.0. The van der Waals surface area contributed by atoms with Gasteiger partial charge in [-0.25, -0.2) is 4.79 Å². The van der Waals surface area contributed by atoms with Crippen LogP contribution in [0.3, 0.4) is 0 Å². The molecule has 3 nitrogen and oxygen atoms in total. The summed E-state index contributed by atoms with van der Waals surface area (Å²) in [6, 6.07) is 4.13. The highest BCUT2D eigenvalue weighted by atomic mass is 32.2. The Morgan fingerprint density at radius 2 is 2.17 bits per heavy atom. The lowest BCUT2D eigenvalue weighted by molar-refractivity contribution is 0.241. The van der Waals surface area contributed by atoms with Crippen molar-refractivity contribution in [2.24, 2.45) is 4.99 Å². The van der Waals surface area contributed by atoms with Crippen molar-refractivity contribution in [1.82, 2.24) is 0 Å². The first kappa shape index (κ1) is 13.2. The molecule has 0 heterocycles. The first-order valence-electron chi connectivity index (χ1n) is 5.99. The zero-order valence-corrected chi connectivity index (χ0v) is 11.8. The van der Waals surface area contributed by atoms with Gasteiger partial charge in [-0.3, -0.25) is 0 Å². The predicted octanol–water partition coefficient (Wildman–Crippen LogP) is 3.44.